The second-order valence-corrected chi connectivity index (χ2v) is 6.92. The molecule has 0 radical (unpaired) electrons. The van der Waals surface area contributed by atoms with Crippen LogP contribution in [0.3, 0.4) is 0 Å². The second-order valence-electron chi connectivity index (χ2n) is 6.92. The molecule has 7 heteroatoms. The van der Waals surface area contributed by atoms with Gasteiger partial charge in [-0.2, -0.15) is 0 Å². The zero-order chi connectivity index (χ0) is 20.8. The molecular formula is C22H27N3O4. The van der Waals surface area contributed by atoms with Gasteiger partial charge in [0, 0.05) is 18.5 Å². The molecule has 0 aliphatic carbocycles. The number of ether oxygens (including phenoxy) is 2. The molecule has 1 aromatic heterocycles. The van der Waals surface area contributed by atoms with E-state index in [0.29, 0.717) is 24.6 Å². The maximum absolute atomic E-state index is 12.3. The third-order valence-electron chi connectivity index (χ3n) is 4.75. The SMILES string of the molecule is COc1ccc(CNC(=O)NCC(c2cc3ccccc3o2)N(C)C)cc1OC. The van der Waals surface area contributed by atoms with Crippen molar-refractivity contribution >= 4 is 17.0 Å². The van der Waals surface area contributed by atoms with Gasteiger partial charge in [-0.3, -0.25) is 4.90 Å². The number of hydrogen-bond acceptors (Lipinski definition) is 5. The van der Waals surface area contributed by atoms with Gasteiger partial charge in [0.1, 0.15) is 11.3 Å². The molecule has 1 heterocycles. The minimum atomic E-state index is -0.247. The molecule has 0 bridgehead atoms. The number of carbonyl (C=O) groups excluding carboxylic acids is 1. The molecule has 29 heavy (non-hydrogen) atoms. The van der Waals surface area contributed by atoms with E-state index >= 15 is 0 Å². The molecule has 1 unspecified atom stereocenters. The Balaban J connectivity index is 1.58. The molecule has 0 fully saturated rings. The van der Waals surface area contributed by atoms with Gasteiger partial charge in [0.05, 0.1) is 20.3 Å². The topological polar surface area (TPSA) is 76.0 Å². The number of fused-ring (bicyclic) bond motifs is 1. The summed E-state index contributed by atoms with van der Waals surface area (Å²) in [6.07, 6.45) is 0. The molecule has 3 aromatic rings. The van der Waals surface area contributed by atoms with Crippen LogP contribution < -0.4 is 20.1 Å². The van der Waals surface area contributed by atoms with Crippen LogP contribution in [0.1, 0.15) is 17.4 Å². The third-order valence-corrected chi connectivity index (χ3v) is 4.75. The summed E-state index contributed by atoms with van der Waals surface area (Å²) in [5.74, 6) is 2.10. The fraction of sp³-hybridized carbons (Fsp3) is 0.318. The number of rotatable bonds is 8. The Morgan fingerprint density at radius 1 is 1.03 bits per heavy atom. The number of carbonyl (C=O) groups is 1. The number of amides is 2. The van der Waals surface area contributed by atoms with Crippen LogP contribution in [-0.2, 0) is 6.54 Å². The van der Waals surface area contributed by atoms with Crippen molar-refractivity contribution in [3.05, 3.63) is 59.9 Å². The second kappa shape index (κ2) is 9.34. The van der Waals surface area contributed by atoms with Crippen LogP contribution in [0.2, 0.25) is 0 Å². The van der Waals surface area contributed by atoms with Crippen molar-refractivity contribution in [2.24, 2.45) is 0 Å². The zero-order valence-electron chi connectivity index (χ0n) is 17.2. The van der Waals surface area contributed by atoms with Gasteiger partial charge >= 0.3 is 6.03 Å². The van der Waals surface area contributed by atoms with Crippen molar-refractivity contribution in [1.82, 2.24) is 15.5 Å². The molecule has 3 rings (SSSR count). The van der Waals surface area contributed by atoms with E-state index < -0.39 is 0 Å². The monoisotopic (exact) mass is 397 g/mol. The lowest BCUT2D eigenvalue weighted by Crippen LogP contribution is -2.40. The standard InChI is InChI=1S/C22H27N3O4/c1-25(2)17(20-12-16-7-5-6-8-18(16)29-20)14-24-22(26)23-13-15-9-10-19(27-3)21(11-15)28-4/h5-12,17H,13-14H2,1-4H3,(H2,23,24,26). The summed E-state index contributed by atoms with van der Waals surface area (Å²) in [4.78, 5) is 14.3. The van der Waals surface area contributed by atoms with E-state index in [0.717, 1.165) is 22.3 Å². The minimum absolute atomic E-state index is 0.0748. The van der Waals surface area contributed by atoms with E-state index in [1.807, 2.05) is 67.5 Å². The number of nitrogens with zero attached hydrogens (tertiary/aromatic N) is 1. The Morgan fingerprint density at radius 3 is 2.48 bits per heavy atom. The smallest absolute Gasteiger partial charge is 0.315 e. The highest BCUT2D eigenvalue weighted by Gasteiger charge is 2.19. The molecule has 0 aliphatic heterocycles. The molecular weight excluding hydrogens is 370 g/mol. The zero-order valence-corrected chi connectivity index (χ0v) is 17.2. The lowest BCUT2D eigenvalue weighted by molar-refractivity contribution is 0.226. The first-order valence-electron chi connectivity index (χ1n) is 9.39. The highest BCUT2D eigenvalue weighted by Crippen LogP contribution is 2.28. The fourth-order valence-corrected chi connectivity index (χ4v) is 3.13. The molecule has 7 nitrogen and oxygen atoms in total. The van der Waals surface area contributed by atoms with Crippen molar-refractivity contribution in [3.63, 3.8) is 0 Å². The molecule has 2 amide bonds. The fourth-order valence-electron chi connectivity index (χ4n) is 3.13. The average molecular weight is 397 g/mol. The quantitative estimate of drug-likeness (QED) is 0.608. The first-order valence-corrected chi connectivity index (χ1v) is 9.39. The molecule has 2 N–H and O–H groups in total. The summed E-state index contributed by atoms with van der Waals surface area (Å²) < 4.78 is 16.5. The van der Waals surface area contributed by atoms with Gasteiger partial charge in [0.25, 0.3) is 0 Å². The van der Waals surface area contributed by atoms with Crippen LogP contribution in [0, 0.1) is 0 Å². The van der Waals surface area contributed by atoms with E-state index in [4.69, 9.17) is 13.9 Å². The molecule has 0 saturated heterocycles. The van der Waals surface area contributed by atoms with Crippen molar-refractivity contribution in [2.75, 3.05) is 34.9 Å². The maximum Gasteiger partial charge on any atom is 0.315 e. The Labute approximate surface area is 170 Å². The number of urea groups is 1. The highest BCUT2D eigenvalue weighted by atomic mass is 16.5. The van der Waals surface area contributed by atoms with Crippen molar-refractivity contribution in [2.45, 2.75) is 12.6 Å². The lowest BCUT2D eigenvalue weighted by Gasteiger charge is -2.22. The van der Waals surface area contributed by atoms with E-state index in [-0.39, 0.29) is 12.1 Å². The predicted molar refractivity (Wildman–Crippen MR) is 112 cm³/mol. The van der Waals surface area contributed by atoms with E-state index in [9.17, 15) is 4.79 Å². The molecule has 154 valence electrons. The molecule has 0 aliphatic rings. The number of methoxy groups -OCH3 is 2. The van der Waals surface area contributed by atoms with Gasteiger partial charge < -0.3 is 24.5 Å². The van der Waals surface area contributed by atoms with Crippen LogP contribution in [0.5, 0.6) is 11.5 Å². The Bertz CT molecular complexity index is 935. The van der Waals surface area contributed by atoms with Crippen LogP contribution in [0.25, 0.3) is 11.0 Å². The number of nitrogens with one attached hydrogen (secondary N) is 2. The molecule has 0 saturated carbocycles. The van der Waals surface area contributed by atoms with Crippen molar-refractivity contribution in [1.29, 1.82) is 0 Å². The Morgan fingerprint density at radius 2 is 1.79 bits per heavy atom. The number of likely N-dealkylation sites (N-methyl/N-ethyl adjacent to an activating group) is 1. The van der Waals surface area contributed by atoms with Gasteiger partial charge in [-0.1, -0.05) is 24.3 Å². The Hall–Kier alpha value is -3.19. The summed E-state index contributed by atoms with van der Waals surface area (Å²) >= 11 is 0. The summed E-state index contributed by atoms with van der Waals surface area (Å²) in [5, 5.41) is 6.83. The van der Waals surface area contributed by atoms with Crippen LogP contribution in [-0.4, -0.2) is 45.8 Å². The predicted octanol–water partition coefficient (Wildman–Crippen LogP) is 3.55. The summed E-state index contributed by atoms with van der Waals surface area (Å²) in [5.41, 5.74) is 1.76. The summed E-state index contributed by atoms with van der Waals surface area (Å²) in [6, 6.07) is 15.1. The maximum atomic E-state index is 12.3. The van der Waals surface area contributed by atoms with E-state index in [1.54, 1.807) is 14.2 Å². The van der Waals surface area contributed by atoms with Gasteiger partial charge in [-0.25, -0.2) is 4.79 Å². The normalized spacial score (nSPS) is 12.0. The Kier molecular flexibility index (Phi) is 6.61. The van der Waals surface area contributed by atoms with Gasteiger partial charge in [-0.15, -0.1) is 0 Å². The van der Waals surface area contributed by atoms with Gasteiger partial charge in [-0.05, 0) is 43.9 Å². The van der Waals surface area contributed by atoms with Crippen molar-refractivity contribution in [3.8, 4) is 11.5 Å². The van der Waals surface area contributed by atoms with Crippen molar-refractivity contribution < 1.29 is 18.7 Å². The third kappa shape index (κ3) is 5.00. The first kappa shape index (κ1) is 20.5. The van der Waals surface area contributed by atoms with Gasteiger partial charge in [0.15, 0.2) is 11.5 Å². The highest BCUT2D eigenvalue weighted by molar-refractivity contribution is 5.78. The molecule has 2 aromatic carbocycles. The van der Waals surface area contributed by atoms with E-state index in [2.05, 4.69) is 10.6 Å². The number of para-hydroxylation sites is 1. The van der Waals surface area contributed by atoms with Gasteiger partial charge in [0.2, 0.25) is 0 Å². The van der Waals surface area contributed by atoms with Crippen LogP contribution >= 0.6 is 0 Å². The average Bonchev–Trinajstić information content (AvgIpc) is 3.15. The summed E-state index contributed by atoms with van der Waals surface area (Å²) in [6.45, 7) is 0.800. The number of benzene rings is 2. The number of hydrogen-bond donors (Lipinski definition) is 2. The lowest BCUT2D eigenvalue weighted by atomic mass is 10.2. The van der Waals surface area contributed by atoms with E-state index in [1.165, 1.54) is 0 Å². The number of furan rings is 1. The molecule has 1 atom stereocenters. The van der Waals surface area contributed by atoms with Crippen LogP contribution in [0.4, 0.5) is 4.79 Å². The first-order chi connectivity index (χ1) is 14.0. The minimum Gasteiger partial charge on any atom is -0.493 e. The molecule has 0 spiro atoms. The largest absolute Gasteiger partial charge is 0.493 e. The van der Waals surface area contributed by atoms with Crippen LogP contribution in [0.15, 0.2) is 52.9 Å². The summed E-state index contributed by atoms with van der Waals surface area (Å²) in [7, 11) is 7.09.